The summed E-state index contributed by atoms with van der Waals surface area (Å²) < 4.78 is 0. The molecule has 96 valence electrons. The van der Waals surface area contributed by atoms with Crippen LogP contribution in [-0.2, 0) is 4.79 Å². The Hall–Kier alpha value is -0.570. The number of hydrogen-bond donors (Lipinski definition) is 1. The topological polar surface area (TPSA) is 40.5 Å². The summed E-state index contributed by atoms with van der Waals surface area (Å²) in [5.41, 5.74) is -0.200. The van der Waals surface area contributed by atoms with Crippen molar-refractivity contribution in [1.82, 2.24) is 4.90 Å². The Labute approximate surface area is 99.8 Å². The maximum absolute atomic E-state index is 11.1. The third kappa shape index (κ3) is 4.97. The lowest BCUT2D eigenvalue weighted by atomic mass is 9.78. The highest BCUT2D eigenvalue weighted by molar-refractivity contribution is 5.68. The molecule has 0 rings (SSSR count). The summed E-state index contributed by atoms with van der Waals surface area (Å²) in [7, 11) is 3.99. The first-order valence-electron chi connectivity index (χ1n) is 6.09. The summed E-state index contributed by atoms with van der Waals surface area (Å²) in [4.78, 5) is 13.2. The van der Waals surface area contributed by atoms with E-state index in [0.717, 1.165) is 12.8 Å². The van der Waals surface area contributed by atoms with Crippen molar-refractivity contribution in [2.75, 3.05) is 14.1 Å². The van der Waals surface area contributed by atoms with E-state index in [2.05, 4.69) is 32.6 Å². The predicted octanol–water partition coefficient (Wildman–Crippen LogP) is 2.85. The molecule has 0 aromatic rings. The monoisotopic (exact) mass is 229 g/mol. The van der Waals surface area contributed by atoms with E-state index in [0.29, 0.717) is 11.8 Å². The number of hydrogen-bond acceptors (Lipinski definition) is 2. The molecule has 0 bridgehead atoms. The van der Waals surface area contributed by atoms with Gasteiger partial charge in [-0.25, -0.2) is 0 Å². The van der Waals surface area contributed by atoms with Gasteiger partial charge in [-0.05, 0) is 38.8 Å². The number of carboxylic acids is 1. The Morgan fingerprint density at radius 3 is 1.69 bits per heavy atom. The van der Waals surface area contributed by atoms with Gasteiger partial charge in [-0.15, -0.1) is 0 Å². The zero-order valence-corrected chi connectivity index (χ0v) is 11.6. The second-order valence-corrected chi connectivity index (χ2v) is 5.89. The first kappa shape index (κ1) is 15.4. The maximum Gasteiger partial charge on any atom is 0.305 e. The van der Waals surface area contributed by atoms with Crippen molar-refractivity contribution < 1.29 is 9.90 Å². The van der Waals surface area contributed by atoms with Crippen LogP contribution in [0.25, 0.3) is 0 Å². The van der Waals surface area contributed by atoms with Crippen LogP contribution in [0.5, 0.6) is 0 Å². The van der Waals surface area contributed by atoms with Gasteiger partial charge < -0.3 is 10.0 Å². The summed E-state index contributed by atoms with van der Waals surface area (Å²) in [5.74, 6) is 0.330. The third-order valence-corrected chi connectivity index (χ3v) is 3.01. The van der Waals surface area contributed by atoms with Crippen LogP contribution in [0.15, 0.2) is 0 Å². The molecule has 0 aliphatic carbocycles. The highest BCUT2D eigenvalue weighted by Crippen LogP contribution is 2.32. The standard InChI is InChI=1S/C13H27NO2/c1-10(2)7-13(14(5)6,8-11(3)4)9-12(15)16/h10-11H,7-9H2,1-6H3,(H,15,16). The van der Waals surface area contributed by atoms with Crippen LogP contribution >= 0.6 is 0 Å². The zero-order valence-electron chi connectivity index (χ0n) is 11.6. The first-order valence-corrected chi connectivity index (χ1v) is 6.09. The highest BCUT2D eigenvalue weighted by Gasteiger charge is 2.36. The van der Waals surface area contributed by atoms with Gasteiger partial charge in [-0.2, -0.15) is 0 Å². The van der Waals surface area contributed by atoms with Crippen LogP contribution in [-0.4, -0.2) is 35.6 Å². The Kier molecular flexibility index (Phi) is 6.01. The molecule has 0 amide bonds. The largest absolute Gasteiger partial charge is 0.481 e. The van der Waals surface area contributed by atoms with Crippen molar-refractivity contribution in [2.45, 2.75) is 52.5 Å². The molecule has 0 atom stereocenters. The lowest BCUT2D eigenvalue weighted by molar-refractivity contribution is -0.140. The third-order valence-electron chi connectivity index (χ3n) is 3.01. The average molecular weight is 229 g/mol. The van der Waals surface area contributed by atoms with Gasteiger partial charge >= 0.3 is 5.97 Å². The van der Waals surface area contributed by atoms with Crippen LogP contribution in [0.2, 0.25) is 0 Å². The molecule has 3 heteroatoms. The number of carboxylic acid groups (broad SMARTS) is 1. The van der Waals surface area contributed by atoms with E-state index in [1.165, 1.54) is 0 Å². The van der Waals surface area contributed by atoms with E-state index in [4.69, 9.17) is 5.11 Å². The normalized spacial score (nSPS) is 12.8. The van der Waals surface area contributed by atoms with Gasteiger partial charge in [-0.1, -0.05) is 27.7 Å². The van der Waals surface area contributed by atoms with Crippen molar-refractivity contribution in [3.05, 3.63) is 0 Å². The molecule has 0 aromatic heterocycles. The van der Waals surface area contributed by atoms with Crippen LogP contribution in [0.3, 0.4) is 0 Å². The van der Waals surface area contributed by atoms with Crippen LogP contribution in [0.1, 0.15) is 47.0 Å². The number of nitrogens with zero attached hydrogens (tertiary/aromatic N) is 1. The smallest absolute Gasteiger partial charge is 0.305 e. The fourth-order valence-corrected chi connectivity index (χ4v) is 2.55. The molecule has 0 saturated carbocycles. The lowest BCUT2D eigenvalue weighted by Gasteiger charge is -2.41. The van der Waals surface area contributed by atoms with E-state index in [-0.39, 0.29) is 12.0 Å². The van der Waals surface area contributed by atoms with Gasteiger partial charge in [0.1, 0.15) is 0 Å². The Morgan fingerprint density at radius 1 is 1.12 bits per heavy atom. The number of aliphatic carboxylic acids is 1. The Bertz CT molecular complexity index is 212. The van der Waals surface area contributed by atoms with Crippen molar-refractivity contribution >= 4 is 5.97 Å². The van der Waals surface area contributed by atoms with Crippen LogP contribution < -0.4 is 0 Å². The second kappa shape index (κ2) is 6.24. The highest BCUT2D eigenvalue weighted by atomic mass is 16.4. The van der Waals surface area contributed by atoms with Crippen molar-refractivity contribution in [3.63, 3.8) is 0 Å². The van der Waals surface area contributed by atoms with Crippen molar-refractivity contribution in [1.29, 1.82) is 0 Å². The van der Waals surface area contributed by atoms with Crippen LogP contribution in [0.4, 0.5) is 0 Å². The molecule has 0 heterocycles. The molecular weight excluding hydrogens is 202 g/mol. The summed E-state index contributed by atoms with van der Waals surface area (Å²) in [6.45, 7) is 8.61. The first-order chi connectivity index (χ1) is 7.19. The number of carbonyl (C=O) groups is 1. The van der Waals surface area contributed by atoms with E-state index < -0.39 is 5.97 Å². The SMILES string of the molecule is CC(C)CC(CC(=O)O)(CC(C)C)N(C)C. The summed E-state index contributed by atoms with van der Waals surface area (Å²) in [6.07, 6.45) is 2.10. The molecule has 0 aliphatic heterocycles. The van der Waals surface area contributed by atoms with E-state index >= 15 is 0 Å². The van der Waals surface area contributed by atoms with Gasteiger partial charge in [0, 0.05) is 5.54 Å². The molecule has 0 saturated heterocycles. The van der Waals surface area contributed by atoms with E-state index in [1.807, 2.05) is 14.1 Å². The van der Waals surface area contributed by atoms with Gasteiger partial charge in [0.05, 0.1) is 6.42 Å². The lowest BCUT2D eigenvalue weighted by Crippen LogP contribution is -2.48. The molecule has 1 N–H and O–H groups in total. The fourth-order valence-electron chi connectivity index (χ4n) is 2.55. The molecule has 0 aliphatic rings. The zero-order chi connectivity index (χ0) is 12.9. The van der Waals surface area contributed by atoms with Gasteiger partial charge in [0.2, 0.25) is 0 Å². The summed E-state index contributed by atoms with van der Waals surface area (Å²) in [6, 6.07) is 0. The van der Waals surface area contributed by atoms with Gasteiger partial charge in [0.15, 0.2) is 0 Å². The Morgan fingerprint density at radius 2 is 1.50 bits per heavy atom. The molecule has 3 nitrogen and oxygen atoms in total. The molecule has 0 unspecified atom stereocenters. The summed E-state index contributed by atoms with van der Waals surface area (Å²) >= 11 is 0. The summed E-state index contributed by atoms with van der Waals surface area (Å²) in [5, 5.41) is 9.10. The van der Waals surface area contributed by atoms with Crippen molar-refractivity contribution in [3.8, 4) is 0 Å². The molecule has 16 heavy (non-hydrogen) atoms. The maximum atomic E-state index is 11.1. The molecule has 0 fully saturated rings. The molecule has 0 spiro atoms. The fraction of sp³-hybridized carbons (Fsp3) is 0.923. The minimum Gasteiger partial charge on any atom is -0.481 e. The van der Waals surface area contributed by atoms with Crippen molar-refractivity contribution in [2.24, 2.45) is 11.8 Å². The van der Waals surface area contributed by atoms with Crippen LogP contribution in [0, 0.1) is 11.8 Å². The minimum atomic E-state index is -0.699. The van der Waals surface area contributed by atoms with Gasteiger partial charge in [-0.3, -0.25) is 4.79 Å². The molecular formula is C13H27NO2. The average Bonchev–Trinajstić information content (AvgIpc) is 1.98. The number of rotatable bonds is 7. The van der Waals surface area contributed by atoms with E-state index in [9.17, 15) is 4.79 Å². The molecule has 0 radical (unpaired) electrons. The van der Waals surface area contributed by atoms with Gasteiger partial charge in [0.25, 0.3) is 0 Å². The minimum absolute atomic E-state index is 0.200. The molecule has 0 aromatic carbocycles. The predicted molar refractivity (Wildman–Crippen MR) is 67.6 cm³/mol. The quantitative estimate of drug-likeness (QED) is 0.729. The Balaban J connectivity index is 4.95. The second-order valence-electron chi connectivity index (χ2n) is 5.89. The van der Waals surface area contributed by atoms with E-state index in [1.54, 1.807) is 0 Å².